The molecule has 2 heterocycles. The number of anilines is 2. The van der Waals surface area contributed by atoms with Gasteiger partial charge in [0.15, 0.2) is 6.10 Å². The molecule has 2 aliphatic rings. The Kier molecular flexibility index (Phi) is 4.77. The maximum Gasteiger partial charge on any atom is 0.321 e. The fraction of sp³-hybridized carbons (Fsp3) is 0.333. The van der Waals surface area contributed by atoms with E-state index in [2.05, 4.69) is 5.32 Å². The van der Waals surface area contributed by atoms with Crippen LogP contribution in [0.2, 0.25) is 0 Å². The lowest BCUT2D eigenvalue weighted by Gasteiger charge is -2.59. The number of hydrogen-bond donors (Lipinski definition) is 1. The third-order valence-electron chi connectivity index (χ3n) is 5.62. The summed E-state index contributed by atoms with van der Waals surface area (Å²) in [6, 6.07) is 15.1. The van der Waals surface area contributed by atoms with Crippen LogP contribution >= 0.6 is 0 Å². The molecular formula is C21H22FN3O3. The first-order chi connectivity index (χ1) is 13.5. The summed E-state index contributed by atoms with van der Waals surface area (Å²) >= 11 is 0. The molecule has 2 aromatic carbocycles. The molecule has 3 amide bonds. The van der Waals surface area contributed by atoms with Crippen LogP contribution in [0.3, 0.4) is 0 Å². The van der Waals surface area contributed by atoms with E-state index in [4.69, 9.17) is 4.74 Å². The third kappa shape index (κ3) is 3.01. The van der Waals surface area contributed by atoms with Crippen LogP contribution in [0, 0.1) is 5.82 Å². The molecule has 7 heteroatoms. The van der Waals surface area contributed by atoms with Gasteiger partial charge in [-0.2, -0.15) is 0 Å². The zero-order chi connectivity index (χ0) is 19.7. The number of piperidine rings is 1. The number of benzene rings is 2. The zero-order valence-corrected chi connectivity index (χ0v) is 15.6. The van der Waals surface area contributed by atoms with E-state index in [9.17, 15) is 14.0 Å². The van der Waals surface area contributed by atoms with Gasteiger partial charge in [0.2, 0.25) is 0 Å². The number of carbonyl (C=O) groups excluding carboxylic acids is 2. The highest BCUT2D eigenvalue weighted by atomic mass is 19.1. The monoisotopic (exact) mass is 383 g/mol. The number of nitrogens with zero attached hydrogens (tertiary/aromatic N) is 2. The molecule has 0 aromatic heterocycles. The average molecular weight is 383 g/mol. The molecule has 2 saturated heterocycles. The molecular weight excluding hydrogens is 361 g/mol. The first-order valence-corrected chi connectivity index (χ1v) is 9.28. The summed E-state index contributed by atoms with van der Waals surface area (Å²) < 4.78 is 19.2. The van der Waals surface area contributed by atoms with Crippen molar-refractivity contribution < 1.29 is 18.7 Å². The maximum atomic E-state index is 13.7. The van der Waals surface area contributed by atoms with Gasteiger partial charge in [0.1, 0.15) is 5.82 Å². The molecule has 6 nitrogen and oxygen atoms in total. The van der Waals surface area contributed by atoms with Gasteiger partial charge in [-0.3, -0.25) is 4.79 Å². The van der Waals surface area contributed by atoms with Gasteiger partial charge in [0, 0.05) is 31.6 Å². The Bertz CT molecular complexity index is 881. The van der Waals surface area contributed by atoms with E-state index >= 15 is 0 Å². The summed E-state index contributed by atoms with van der Waals surface area (Å²) in [7, 11) is 1.52. The Morgan fingerprint density at radius 2 is 1.86 bits per heavy atom. The number of para-hydroxylation sites is 1. The minimum absolute atomic E-state index is 0.169. The minimum atomic E-state index is -0.574. The molecule has 146 valence electrons. The largest absolute Gasteiger partial charge is 0.369 e. The predicted octanol–water partition coefficient (Wildman–Crippen LogP) is 3.25. The number of hydrogen-bond acceptors (Lipinski definition) is 3. The highest BCUT2D eigenvalue weighted by molar-refractivity contribution is 6.07. The van der Waals surface area contributed by atoms with Crippen molar-refractivity contribution >= 4 is 23.3 Å². The Hall–Kier alpha value is -2.93. The molecule has 1 spiro atoms. The fourth-order valence-corrected chi connectivity index (χ4v) is 4.24. The lowest BCUT2D eigenvalue weighted by atomic mass is 9.72. The van der Waals surface area contributed by atoms with Gasteiger partial charge in [-0.1, -0.05) is 24.3 Å². The second-order valence-electron chi connectivity index (χ2n) is 7.16. The molecule has 1 unspecified atom stereocenters. The van der Waals surface area contributed by atoms with Crippen molar-refractivity contribution in [3.8, 4) is 0 Å². The molecule has 2 aliphatic heterocycles. The van der Waals surface area contributed by atoms with Crippen molar-refractivity contribution in [2.24, 2.45) is 0 Å². The van der Waals surface area contributed by atoms with Gasteiger partial charge in [-0.25, -0.2) is 9.18 Å². The highest BCUT2D eigenvalue weighted by Gasteiger charge is 2.62. The molecule has 0 aliphatic carbocycles. The Morgan fingerprint density at radius 3 is 2.50 bits per heavy atom. The Balaban J connectivity index is 1.49. The van der Waals surface area contributed by atoms with Gasteiger partial charge >= 0.3 is 6.03 Å². The lowest BCUT2D eigenvalue weighted by Crippen LogP contribution is -2.78. The summed E-state index contributed by atoms with van der Waals surface area (Å²) in [5, 5.41) is 2.88. The van der Waals surface area contributed by atoms with Crippen LogP contribution in [0.4, 0.5) is 20.6 Å². The van der Waals surface area contributed by atoms with Crippen LogP contribution in [0.5, 0.6) is 0 Å². The normalized spacial score (nSPS) is 20.8. The average Bonchev–Trinajstić information content (AvgIpc) is 2.69. The Labute approximate surface area is 162 Å². The van der Waals surface area contributed by atoms with E-state index < -0.39 is 11.6 Å². The van der Waals surface area contributed by atoms with Crippen molar-refractivity contribution in [3.05, 3.63) is 60.4 Å². The van der Waals surface area contributed by atoms with Crippen LogP contribution in [0.15, 0.2) is 54.6 Å². The summed E-state index contributed by atoms with van der Waals surface area (Å²) in [5.74, 6) is -0.559. The number of methoxy groups -OCH3 is 1. The molecule has 1 N–H and O–H groups in total. The third-order valence-corrected chi connectivity index (χ3v) is 5.62. The minimum Gasteiger partial charge on any atom is -0.369 e. The number of halogens is 1. The van der Waals surface area contributed by atoms with E-state index in [1.54, 1.807) is 21.9 Å². The second-order valence-corrected chi connectivity index (χ2v) is 7.16. The van der Waals surface area contributed by atoms with Gasteiger partial charge in [0.05, 0.1) is 5.54 Å². The molecule has 2 aromatic rings. The van der Waals surface area contributed by atoms with Crippen LogP contribution in [0.25, 0.3) is 0 Å². The first-order valence-electron chi connectivity index (χ1n) is 9.28. The zero-order valence-electron chi connectivity index (χ0n) is 15.6. The number of ether oxygens (including phenoxy) is 1. The molecule has 0 bridgehead atoms. The van der Waals surface area contributed by atoms with E-state index in [0.29, 0.717) is 31.6 Å². The van der Waals surface area contributed by atoms with Gasteiger partial charge in [-0.05, 0) is 43.2 Å². The topological polar surface area (TPSA) is 61.9 Å². The Morgan fingerprint density at radius 1 is 1.14 bits per heavy atom. The second kappa shape index (κ2) is 7.24. The number of amides is 3. The van der Waals surface area contributed by atoms with Gasteiger partial charge in [-0.15, -0.1) is 0 Å². The quantitative estimate of drug-likeness (QED) is 0.828. The van der Waals surface area contributed by atoms with E-state index in [1.807, 2.05) is 30.3 Å². The smallest absolute Gasteiger partial charge is 0.321 e. The summed E-state index contributed by atoms with van der Waals surface area (Å²) in [6.45, 7) is 0.968. The van der Waals surface area contributed by atoms with Gasteiger partial charge < -0.3 is 19.9 Å². The van der Waals surface area contributed by atoms with Crippen LogP contribution in [-0.4, -0.2) is 48.7 Å². The highest BCUT2D eigenvalue weighted by Crippen LogP contribution is 2.45. The lowest BCUT2D eigenvalue weighted by molar-refractivity contribution is -0.150. The van der Waals surface area contributed by atoms with Crippen LogP contribution < -0.4 is 10.2 Å². The molecule has 4 rings (SSSR count). The standard InChI is InChI=1S/C21H22FN3O3/c1-28-18-19(26)25(17-9-5-6-15(22)14-17)21(18)10-12-24(13-11-21)20(27)23-16-7-3-2-4-8-16/h2-9,14,18H,10-13H2,1H3,(H,23,27). The van der Waals surface area contributed by atoms with E-state index in [-0.39, 0.29) is 17.8 Å². The number of likely N-dealkylation sites (tertiary alicyclic amines) is 1. The molecule has 2 fully saturated rings. The van der Waals surface area contributed by atoms with Crippen LogP contribution in [-0.2, 0) is 9.53 Å². The summed E-state index contributed by atoms with van der Waals surface area (Å²) in [4.78, 5) is 28.5. The number of nitrogens with one attached hydrogen (secondary N) is 1. The van der Waals surface area contributed by atoms with Gasteiger partial charge in [0.25, 0.3) is 5.91 Å². The first kappa shape index (κ1) is 18.4. The fourth-order valence-electron chi connectivity index (χ4n) is 4.24. The number of rotatable bonds is 3. The molecule has 28 heavy (non-hydrogen) atoms. The van der Waals surface area contributed by atoms with Crippen molar-refractivity contribution in [2.45, 2.75) is 24.5 Å². The summed E-state index contributed by atoms with van der Waals surface area (Å²) in [5.41, 5.74) is 0.714. The van der Waals surface area contributed by atoms with Crippen LogP contribution in [0.1, 0.15) is 12.8 Å². The molecule has 0 saturated carbocycles. The van der Waals surface area contributed by atoms with E-state index in [0.717, 1.165) is 5.69 Å². The number of β-lactam (4-membered cyclic amide) rings is 1. The number of urea groups is 1. The van der Waals surface area contributed by atoms with Crippen molar-refractivity contribution in [1.29, 1.82) is 0 Å². The van der Waals surface area contributed by atoms with Crippen molar-refractivity contribution in [1.82, 2.24) is 4.90 Å². The van der Waals surface area contributed by atoms with Crippen molar-refractivity contribution in [3.63, 3.8) is 0 Å². The summed E-state index contributed by atoms with van der Waals surface area (Å²) in [6.07, 6.45) is 0.557. The predicted molar refractivity (Wildman–Crippen MR) is 104 cm³/mol. The molecule has 1 atom stereocenters. The maximum absolute atomic E-state index is 13.7. The van der Waals surface area contributed by atoms with E-state index in [1.165, 1.54) is 19.2 Å². The number of carbonyl (C=O) groups is 2. The SMILES string of the molecule is COC1C(=O)N(c2cccc(F)c2)C12CCN(C(=O)Nc1ccccc1)CC2. The van der Waals surface area contributed by atoms with Crippen molar-refractivity contribution in [2.75, 3.05) is 30.4 Å². The molecule has 0 radical (unpaired) electrons.